The summed E-state index contributed by atoms with van der Waals surface area (Å²) in [5, 5.41) is 0. The van der Waals surface area contributed by atoms with Gasteiger partial charge in [0.15, 0.2) is 0 Å². The van der Waals surface area contributed by atoms with Crippen molar-refractivity contribution in [3.63, 3.8) is 0 Å². The normalized spacial score (nSPS) is 19.9. The smallest absolute Gasteiger partial charge is 0.150 e. The second kappa shape index (κ2) is 6.00. The maximum Gasteiger partial charge on any atom is 0.150 e. The highest BCUT2D eigenvalue weighted by molar-refractivity contribution is 5.51. The molecule has 2 N–H and O–H groups in total. The molecule has 1 aromatic rings. The van der Waals surface area contributed by atoms with Crippen molar-refractivity contribution in [3.8, 4) is 5.75 Å². The third-order valence-electron chi connectivity index (χ3n) is 3.06. The standard InChI is InChI=1S/C13H18F2N2O/c14-5-7-18-11-3-4-13(12(15)8-11)17-6-1-2-10(16)9-17/h3-4,8,10H,1-2,5-7,9,16H2. The minimum absolute atomic E-state index is 0.0482. The van der Waals surface area contributed by atoms with Gasteiger partial charge in [0.2, 0.25) is 0 Å². The first-order valence-corrected chi connectivity index (χ1v) is 6.19. The number of halogens is 2. The quantitative estimate of drug-likeness (QED) is 0.896. The Labute approximate surface area is 106 Å². The molecule has 0 aromatic heterocycles. The second-order valence-corrected chi connectivity index (χ2v) is 4.50. The van der Waals surface area contributed by atoms with E-state index in [0.29, 0.717) is 18.0 Å². The van der Waals surface area contributed by atoms with Gasteiger partial charge in [-0.2, -0.15) is 0 Å². The van der Waals surface area contributed by atoms with Gasteiger partial charge in [0, 0.05) is 25.2 Å². The fraction of sp³-hybridized carbons (Fsp3) is 0.538. The zero-order valence-electron chi connectivity index (χ0n) is 10.2. The molecule has 0 aliphatic carbocycles. The van der Waals surface area contributed by atoms with Crippen LogP contribution >= 0.6 is 0 Å². The fourth-order valence-corrected chi connectivity index (χ4v) is 2.22. The highest BCUT2D eigenvalue weighted by atomic mass is 19.1. The summed E-state index contributed by atoms with van der Waals surface area (Å²) in [5.74, 6) is 0.00988. The van der Waals surface area contributed by atoms with Gasteiger partial charge in [0.05, 0.1) is 5.69 Å². The van der Waals surface area contributed by atoms with Crippen molar-refractivity contribution in [1.82, 2.24) is 0 Å². The number of hydrogen-bond acceptors (Lipinski definition) is 3. The number of ether oxygens (including phenoxy) is 1. The van der Waals surface area contributed by atoms with E-state index < -0.39 is 6.67 Å². The third-order valence-corrected chi connectivity index (χ3v) is 3.06. The Kier molecular flexibility index (Phi) is 4.36. The van der Waals surface area contributed by atoms with Crippen molar-refractivity contribution in [3.05, 3.63) is 24.0 Å². The van der Waals surface area contributed by atoms with Crippen LogP contribution in [0.3, 0.4) is 0 Å². The maximum absolute atomic E-state index is 13.9. The summed E-state index contributed by atoms with van der Waals surface area (Å²) in [7, 11) is 0. The molecule has 18 heavy (non-hydrogen) atoms. The van der Waals surface area contributed by atoms with Crippen LogP contribution in [0.2, 0.25) is 0 Å². The van der Waals surface area contributed by atoms with Crippen molar-refractivity contribution in [1.29, 1.82) is 0 Å². The molecule has 5 heteroatoms. The molecule has 0 saturated carbocycles. The highest BCUT2D eigenvalue weighted by Gasteiger charge is 2.19. The van der Waals surface area contributed by atoms with Crippen LogP contribution in [0.15, 0.2) is 18.2 Å². The topological polar surface area (TPSA) is 38.5 Å². The molecule has 0 spiro atoms. The predicted molar refractivity (Wildman–Crippen MR) is 67.3 cm³/mol. The van der Waals surface area contributed by atoms with Crippen LogP contribution in [-0.2, 0) is 0 Å². The van der Waals surface area contributed by atoms with E-state index in [1.165, 1.54) is 6.07 Å². The van der Waals surface area contributed by atoms with E-state index in [1.54, 1.807) is 12.1 Å². The average molecular weight is 256 g/mol. The molecule has 2 rings (SSSR count). The van der Waals surface area contributed by atoms with E-state index >= 15 is 0 Å². The minimum Gasteiger partial charge on any atom is -0.491 e. The number of rotatable bonds is 4. The number of alkyl halides is 1. The summed E-state index contributed by atoms with van der Waals surface area (Å²) in [6, 6.07) is 4.72. The lowest BCUT2D eigenvalue weighted by molar-refractivity contribution is 0.272. The lowest BCUT2D eigenvalue weighted by Gasteiger charge is -2.32. The van der Waals surface area contributed by atoms with Gasteiger partial charge in [-0.1, -0.05) is 0 Å². The molecule has 1 aliphatic rings. The molecule has 1 unspecified atom stereocenters. The first-order chi connectivity index (χ1) is 8.70. The van der Waals surface area contributed by atoms with Crippen molar-refractivity contribution >= 4 is 5.69 Å². The maximum atomic E-state index is 13.9. The first-order valence-electron chi connectivity index (χ1n) is 6.19. The summed E-state index contributed by atoms with van der Waals surface area (Å²) in [4.78, 5) is 1.95. The van der Waals surface area contributed by atoms with Crippen molar-refractivity contribution in [2.24, 2.45) is 5.73 Å². The summed E-state index contributed by atoms with van der Waals surface area (Å²) < 4.78 is 30.9. The number of anilines is 1. The molecule has 1 heterocycles. The summed E-state index contributed by atoms with van der Waals surface area (Å²) in [6.45, 7) is 0.856. The second-order valence-electron chi connectivity index (χ2n) is 4.50. The molecule has 1 saturated heterocycles. The van der Waals surface area contributed by atoms with Gasteiger partial charge < -0.3 is 15.4 Å². The molecule has 1 aliphatic heterocycles. The van der Waals surface area contributed by atoms with Gasteiger partial charge in [0.1, 0.15) is 24.8 Å². The van der Waals surface area contributed by atoms with Gasteiger partial charge in [0.25, 0.3) is 0 Å². The monoisotopic (exact) mass is 256 g/mol. The number of piperidine rings is 1. The van der Waals surface area contributed by atoms with Crippen LogP contribution in [0.5, 0.6) is 5.75 Å². The molecule has 0 bridgehead atoms. The Morgan fingerprint density at radius 2 is 2.28 bits per heavy atom. The highest BCUT2D eigenvalue weighted by Crippen LogP contribution is 2.26. The Morgan fingerprint density at radius 3 is 2.94 bits per heavy atom. The zero-order chi connectivity index (χ0) is 13.0. The number of nitrogens with zero attached hydrogens (tertiary/aromatic N) is 1. The molecule has 1 fully saturated rings. The van der Waals surface area contributed by atoms with Gasteiger partial charge in [-0.25, -0.2) is 8.78 Å². The van der Waals surface area contributed by atoms with Crippen LogP contribution in [0.1, 0.15) is 12.8 Å². The van der Waals surface area contributed by atoms with Crippen molar-refractivity contribution < 1.29 is 13.5 Å². The van der Waals surface area contributed by atoms with Crippen LogP contribution in [0.4, 0.5) is 14.5 Å². The van der Waals surface area contributed by atoms with E-state index in [1.807, 2.05) is 4.90 Å². The Balaban J connectivity index is 2.08. The van der Waals surface area contributed by atoms with E-state index in [0.717, 1.165) is 19.4 Å². The van der Waals surface area contributed by atoms with Crippen LogP contribution in [0.25, 0.3) is 0 Å². The van der Waals surface area contributed by atoms with E-state index in [2.05, 4.69) is 0 Å². The van der Waals surface area contributed by atoms with Crippen LogP contribution in [-0.4, -0.2) is 32.4 Å². The first kappa shape index (κ1) is 13.1. The summed E-state index contributed by atoms with van der Waals surface area (Å²) in [5.41, 5.74) is 6.42. The minimum atomic E-state index is -0.579. The van der Waals surface area contributed by atoms with Gasteiger partial charge >= 0.3 is 0 Å². The fourth-order valence-electron chi connectivity index (χ4n) is 2.22. The molecule has 0 radical (unpaired) electrons. The molecule has 1 aromatic carbocycles. The average Bonchev–Trinajstić information content (AvgIpc) is 2.36. The van der Waals surface area contributed by atoms with Gasteiger partial charge in [-0.3, -0.25) is 0 Å². The lowest BCUT2D eigenvalue weighted by Crippen LogP contribution is -2.43. The number of benzene rings is 1. The molecular weight excluding hydrogens is 238 g/mol. The molecule has 1 atom stereocenters. The number of hydrogen-bond donors (Lipinski definition) is 1. The van der Waals surface area contributed by atoms with Crippen LogP contribution in [0, 0.1) is 5.82 Å². The van der Waals surface area contributed by atoms with Crippen molar-refractivity contribution in [2.75, 3.05) is 31.3 Å². The predicted octanol–water partition coefficient (Wildman–Crippen LogP) is 2.10. The lowest BCUT2D eigenvalue weighted by atomic mass is 10.1. The van der Waals surface area contributed by atoms with Gasteiger partial charge in [-0.05, 0) is 25.0 Å². The van der Waals surface area contributed by atoms with E-state index in [9.17, 15) is 8.78 Å². The van der Waals surface area contributed by atoms with Gasteiger partial charge in [-0.15, -0.1) is 0 Å². The summed E-state index contributed by atoms with van der Waals surface area (Å²) in [6.07, 6.45) is 1.95. The van der Waals surface area contributed by atoms with E-state index in [4.69, 9.17) is 10.5 Å². The zero-order valence-corrected chi connectivity index (χ0v) is 10.2. The summed E-state index contributed by atoms with van der Waals surface area (Å²) >= 11 is 0. The number of nitrogens with two attached hydrogens (primary N) is 1. The molecular formula is C13H18F2N2O. The molecule has 3 nitrogen and oxygen atoms in total. The Hall–Kier alpha value is -1.36. The van der Waals surface area contributed by atoms with Crippen LogP contribution < -0.4 is 15.4 Å². The van der Waals surface area contributed by atoms with E-state index in [-0.39, 0.29) is 18.5 Å². The molecule has 0 amide bonds. The third kappa shape index (κ3) is 3.10. The SMILES string of the molecule is NC1CCCN(c2ccc(OCCF)cc2F)C1. The molecule has 100 valence electrons. The van der Waals surface area contributed by atoms with Crippen molar-refractivity contribution in [2.45, 2.75) is 18.9 Å². The Morgan fingerprint density at radius 1 is 1.44 bits per heavy atom. The Bertz CT molecular complexity index is 401. The largest absolute Gasteiger partial charge is 0.491 e.